The Morgan fingerprint density at radius 1 is 1.53 bits per heavy atom. The van der Waals surface area contributed by atoms with E-state index in [0.717, 1.165) is 13.1 Å². The van der Waals surface area contributed by atoms with Crippen molar-refractivity contribution in [3.8, 4) is 0 Å². The summed E-state index contributed by atoms with van der Waals surface area (Å²) in [5.74, 6) is -0.228. The van der Waals surface area contributed by atoms with Gasteiger partial charge in [0, 0.05) is 31.1 Å². The molecule has 4 nitrogen and oxygen atoms in total. The van der Waals surface area contributed by atoms with E-state index in [-0.39, 0.29) is 11.9 Å². The van der Waals surface area contributed by atoms with Gasteiger partial charge in [-0.3, -0.25) is 9.69 Å². The van der Waals surface area contributed by atoms with E-state index in [0.29, 0.717) is 18.5 Å². The van der Waals surface area contributed by atoms with E-state index < -0.39 is 0 Å². The van der Waals surface area contributed by atoms with E-state index in [2.05, 4.69) is 24.1 Å². The zero-order valence-corrected chi connectivity index (χ0v) is 9.99. The maximum absolute atomic E-state index is 10.7. The number of hydrogen-bond acceptors (Lipinski definition) is 3. The van der Waals surface area contributed by atoms with Crippen molar-refractivity contribution in [3.05, 3.63) is 0 Å². The van der Waals surface area contributed by atoms with Crippen molar-refractivity contribution in [2.24, 2.45) is 5.73 Å². The van der Waals surface area contributed by atoms with Gasteiger partial charge in [-0.1, -0.05) is 0 Å². The molecule has 15 heavy (non-hydrogen) atoms. The highest BCUT2D eigenvalue weighted by Crippen LogP contribution is 2.13. The Bertz CT molecular complexity index is 218. The highest BCUT2D eigenvalue weighted by atomic mass is 16.1. The van der Waals surface area contributed by atoms with Crippen LogP contribution in [0.5, 0.6) is 0 Å². The lowest BCUT2D eigenvalue weighted by molar-refractivity contribution is -0.118. The summed E-state index contributed by atoms with van der Waals surface area (Å²) < 4.78 is 0. The predicted molar refractivity (Wildman–Crippen MR) is 61.5 cm³/mol. The Morgan fingerprint density at radius 3 is 2.67 bits per heavy atom. The van der Waals surface area contributed by atoms with E-state index in [1.807, 2.05) is 6.92 Å². The number of amides is 1. The average Bonchev–Trinajstić information content (AvgIpc) is 2.50. The minimum absolute atomic E-state index is 0.194. The smallest absolute Gasteiger partial charge is 0.218 e. The number of carbonyl (C=O) groups is 1. The third-order valence-electron chi connectivity index (χ3n) is 2.98. The number of nitrogens with one attached hydrogen (secondary N) is 1. The van der Waals surface area contributed by atoms with E-state index in [1.165, 1.54) is 6.42 Å². The molecule has 0 saturated carbocycles. The van der Waals surface area contributed by atoms with Gasteiger partial charge in [-0.05, 0) is 33.7 Å². The largest absolute Gasteiger partial charge is 0.370 e. The van der Waals surface area contributed by atoms with Crippen LogP contribution in [-0.2, 0) is 4.79 Å². The SMILES string of the molecule is CC(CC(N)=O)NC1CCN(C(C)C)C1. The highest BCUT2D eigenvalue weighted by Gasteiger charge is 2.25. The van der Waals surface area contributed by atoms with Crippen LogP contribution in [0.25, 0.3) is 0 Å². The first-order valence-corrected chi connectivity index (χ1v) is 5.77. The Kier molecular flexibility index (Phi) is 4.54. The molecule has 2 unspecified atom stereocenters. The fourth-order valence-electron chi connectivity index (χ4n) is 2.16. The van der Waals surface area contributed by atoms with Crippen molar-refractivity contribution in [1.29, 1.82) is 0 Å². The first-order chi connectivity index (χ1) is 6.99. The second-order valence-electron chi connectivity index (χ2n) is 4.81. The molecule has 88 valence electrons. The van der Waals surface area contributed by atoms with Crippen LogP contribution in [-0.4, -0.2) is 42.0 Å². The summed E-state index contributed by atoms with van der Waals surface area (Å²) in [6, 6.07) is 1.32. The maximum Gasteiger partial charge on any atom is 0.218 e. The molecule has 2 atom stereocenters. The molecule has 0 aromatic rings. The molecule has 1 aliphatic heterocycles. The molecule has 1 fully saturated rings. The lowest BCUT2D eigenvalue weighted by Crippen LogP contribution is -2.41. The van der Waals surface area contributed by atoms with Crippen molar-refractivity contribution in [2.45, 2.75) is 51.7 Å². The van der Waals surface area contributed by atoms with Crippen molar-refractivity contribution in [1.82, 2.24) is 10.2 Å². The zero-order chi connectivity index (χ0) is 11.4. The normalized spacial score (nSPS) is 24.7. The summed E-state index contributed by atoms with van der Waals surface area (Å²) in [5.41, 5.74) is 5.15. The topological polar surface area (TPSA) is 58.4 Å². The Hall–Kier alpha value is -0.610. The Labute approximate surface area is 92.2 Å². The van der Waals surface area contributed by atoms with Gasteiger partial charge in [0.25, 0.3) is 0 Å². The first-order valence-electron chi connectivity index (χ1n) is 5.77. The molecule has 1 aliphatic rings. The molecule has 0 aliphatic carbocycles. The molecular formula is C11H23N3O. The zero-order valence-electron chi connectivity index (χ0n) is 9.99. The minimum Gasteiger partial charge on any atom is -0.370 e. The number of nitrogens with zero attached hydrogens (tertiary/aromatic N) is 1. The molecule has 0 aromatic carbocycles. The third kappa shape index (κ3) is 4.18. The second kappa shape index (κ2) is 5.47. The van der Waals surface area contributed by atoms with E-state index in [9.17, 15) is 4.79 Å². The van der Waals surface area contributed by atoms with Gasteiger partial charge >= 0.3 is 0 Å². The van der Waals surface area contributed by atoms with Gasteiger partial charge in [-0.15, -0.1) is 0 Å². The van der Waals surface area contributed by atoms with Crippen LogP contribution in [0, 0.1) is 0 Å². The number of primary amides is 1. The van der Waals surface area contributed by atoms with Crippen LogP contribution in [0.15, 0.2) is 0 Å². The van der Waals surface area contributed by atoms with E-state index >= 15 is 0 Å². The molecule has 3 N–H and O–H groups in total. The first kappa shape index (κ1) is 12.5. The number of carbonyl (C=O) groups excluding carboxylic acids is 1. The summed E-state index contributed by atoms with van der Waals surface area (Å²) in [6.45, 7) is 8.69. The van der Waals surface area contributed by atoms with Gasteiger partial charge in [0.05, 0.1) is 0 Å². The van der Waals surface area contributed by atoms with Crippen molar-refractivity contribution < 1.29 is 4.79 Å². The van der Waals surface area contributed by atoms with Crippen LogP contribution in [0.1, 0.15) is 33.6 Å². The van der Waals surface area contributed by atoms with Crippen LogP contribution in [0.4, 0.5) is 0 Å². The van der Waals surface area contributed by atoms with Gasteiger partial charge < -0.3 is 11.1 Å². The number of likely N-dealkylation sites (tertiary alicyclic amines) is 1. The summed E-state index contributed by atoms with van der Waals surface area (Å²) in [6.07, 6.45) is 1.60. The minimum atomic E-state index is -0.228. The molecule has 0 spiro atoms. The second-order valence-corrected chi connectivity index (χ2v) is 4.81. The molecule has 1 heterocycles. The molecule has 0 aromatic heterocycles. The molecule has 4 heteroatoms. The molecular weight excluding hydrogens is 190 g/mol. The van der Waals surface area contributed by atoms with Gasteiger partial charge in [-0.25, -0.2) is 0 Å². The van der Waals surface area contributed by atoms with E-state index in [1.54, 1.807) is 0 Å². The monoisotopic (exact) mass is 213 g/mol. The maximum atomic E-state index is 10.7. The number of nitrogens with two attached hydrogens (primary N) is 1. The summed E-state index contributed by atoms with van der Waals surface area (Å²) >= 11 is 0. The average molecular weight is 213 g/mol. The van der Waals surface area contributed by atoms with Gasteiger partial charge in [-0.2, -0.15) is 0 Å². The van der Waals surface area contributed by atoms with Crippen LogP contribution < -0.4 is 11.1 Å². The molecule has 1 amide bonds. The van der Waals surface area contributed by atoms with Gasteiger partial charge in [0.1, 0.15) is 0 Å². The Balaban J connectivity index is 2.26. The quantitative estimate of drug-likeness (QED) is 0.691. The van der Waals surface area contributed by atoms with Gasteiger partial charge in [0.15, 0.2) is 0 Å². The highest BCUT2D eigenvalue weighted by molar-refractivity contribution is 5.74. The number of hydrogen-bond donors (Lipinski definition) is 2. The van der Waals surface area contributed by atoms with Crippen molar-refractivity contribution >= 4 is 5.91 Å². The molecule has 0 radical (unpaired) electrons. The Morgan fingerprint density at radius 2 is 2.20 bits per heavy atom. The summed E-state index contributed by atoms with van der Waals surface area (Å²) in [4.78, 5) is 13.2. The summed E-state index contributed by atoms with van der Waals surface area (Å²) in [7, 11) is 0. The molecule has 1 rings (SSSR count). The fourth-order valence-corrected chi connectivity index (χ4v) is 2.16. The van der Waals surface area contributed by atoms with Crippen LogP contribution in [0.2, 0.25) is 0 Å². The van der Waals surface area contributed by atoms with Crippen LogP contribution in [0.3, 0.4) is 0 Å². The summed E-state index contributed by atoms with van der Waals surface area (Å²) in [5, 5.41) is 3.45. The predicted octanol–water partition coefficient (Wildman–Crippen LogP) is 0.323. The lowest BCUT2D eigenvalue weighted by Gasteiger charge is -2.22. The third-order valence-corrected chi connectivity index (χ3v) is 2.98. The van der Waals surface area contributed by atoms with E-state index in [4.69, 9.17) is 5.73 Å². The standard InChI is InChI=1S/C11H23N3O/c1-8(2)14-5-4-10(7-14)13-9(3)6-11(12)15/h8-10,13H,4-7H2,1-3H3,(H2,12,15). The van der Waals surface area contributed by atoms with Gasteiger partial charge in [0.2, 0.25) is 5.91 Å². The van der Waals surface area contributed by atoms with Crippen LogP contribution >= 0.6 is 0 Å². The van der Waals surface area contributed by atoms with Crippen molar-refractivity contribution in [2.75, 3.05) is 13.1 Å². The molecule has 0 bridgehead atoms. The fraction of sp³-hybridized carbons (Fsp3) is 0.909. The molecule has 1 saturated heterocycles. The van der Waals surface area contributed by atoms with Crippen molar-refractivity contribution in [3.63, 3.8) is 0 Å². The number of rotatable bonds is 5. The lowest BCUT2D eigenvalue weighted by atomic mass is 10.2.